The van der Waals surface area contributed by atoms with Crippen molar-refractivity contribution in [2.45, 2.75) is 17.1 Å². The third-order valence-electron chi connectivity index (χ3n) is 2.83. The number of amides is 1. The zero-order valence-corrected chi connectivity index (χ0v) is 13.0. The van der Waals surface area contributed by atoms with Crippen LogP contribution in [0.2, 0.25) is 0 Å². The number of anilines is 1. The van der Waals surface area contributed by atoms with Crippen molar-refractivity contribution < 1.29 is 13.6 Å². The summed E-state index contributed by atoms with van der Waals surface area (Å²) < 4.78 is 24.4. The lowest BCUT2D eigenvalue weighted by molar-refractivity contribution is 0.0953. The van der Waals surface area contributed by atoms with Gasteiger partial charge in [0.2, 0.25) is 5.95 Å². The highest BCUT2D eigenvalue weighted by molar-refractivity contribution is 7.99. The molecule has 0 radical (unpaired) electrons. The maximum Gasteiger partial charge on any atom is 0.288 e. The van der Waals surface area contributed by atoms with E-state index in [0.717, 1.165) is 0 Å². The topological polar surface area (TPSA) is 66.9 Å². The van der Waals surface area contributed by atoms with Gasteiger partial charge in [-0.1, -0.05) is 11.8 Å². The van der Waals surface area contributed by atoms with Crippen molar-refractivity contribution in [2.24, 2.45) is 0 Å². The quantitative estimate of drug-likeness (QED) is 0.572. The monoisotopic (exact) mass is 338 g/mol. The molecule has 23 heavy (non-hydrogen) atoms. The molecule has 122 valence electrons. The Balaban J connectivity index is 1.68. The standard InChI is InChI=1S/C15H16F2N4OS/c16-14(17)23-12-5-3-11(4-6-12)13(22)18-7-1-8-19-15-20-9-2-10-21-15/h2-6,9-10,14H,1,7-8H2,(H,18,22)(H,19,20,21). The van der Waals surface area contributed by atoms with Crippen molar-refractivity contribution in [3.63, 3.8) is 0 Å². The van der Waals surface area contributed by atoms with Crippen LogP contribution >= 0.6 is 11.8 Å². The van der Waals surface area contributed by atoms with E-state index in [1.165, 1.54) is 24.3 Å². The second-order valence-corrected chi connectivity index (χ2v) is 5.57. The molecule has 0 aliphatic heterocycles. The number of thioether (sulfide) groups is 1. The molecule has 0 saturated heterocycles. The predicted octanol–water partition coefficient (Wildman–Crippen LogP) is 3.02. The van der Waals surface area contributed by atoms with Gasteiger partial charge >= 0.3 is 0 Å². The first kappa shape index (κ1) is 17.1. The fraction of sp³-hybridized carbons (Fsp3) is 0.267. The van der Waals surface area contributed by atoms with Gasteiger partial charge in [-0.15, -0.1) is 0 Å². The Morgan fingerprint density at radius 2 is 1.83 bits per heavy atom. The number of hydrogen-bond acceptors (Lipinski definition) is 5. The Bertz CT molecular complexity index is 611. The Morgan fingerprint density at radius 3 is 2.48 bits per heavy atom. The van der Waals surface area contributed by atoms with E-state index in [9.17, 15) is 13.6 Å². The molecular weight excluding hydrogens is 322 g/mol. The molecule has 5 nitrogen and oxygen atoms in total. The number of alkyl halides is 2. The molecular formula is C15H16F2N4OS. The fourth-order valence-corrected chi connectivity index (χ4v) is 2.27. The summed E-state index contributed by atoms with van der Waals surface area (Å²) in [5.74, 6) is -2.14. The molecule has 0 atom stereocenters. The largest absolute Gasteiger partial charge is 0.354 e. The van der Waals surface area contributed by atoms with Gasteiger partial charge in [-0.2, -0.15) is 8.78 Å². The maximum atomic E-state index is 12.2. The summed E-state index contributed by atoms with van der Waals surface area (Å²) in [5.41, 5.74) is 0.447. The lowest BCUT2D eigenvalue weighted by atomic mass is 10.2. The van der Waals surface area contributed by atoms with E-state index >= 15 is 0 Å². The zero-order chi connectivity index (χ0) is 16.5. The highest BCUT2D eigenvalue weighted by Gasteiger charge is 2.08. The lowest BCUT2D eigenvalue weighted by Gasteiger charge is -2.07. The third-order valence-corrected chi connectivity index (χ3v) is 3.55. The van der Waals surface area contributed by atoms with Crippen LogP contribution < -0.4 is 10.6 Å². The van der Waals surface area contributed by atoms with E-state index in [0.29, 0.717) is 47.7 Å². The van der Waals surface area contributed by atoms with Crippen molar-refractivity contribution in [2.75, 3.05) is 18.4 Å². The summed E-state index contributed by atoms with van der Waals surface area (Å²) in [6, 6.07) is 7.84. The molecule has 1 aromatic heterocycles. The van der Waals surface area contributed by atoms with Crippen LogP contribution in [0.15, 0.2) is 47.6 Å². The van der Waals surface area contributed by atoms with E-state index < -0.39 is 5.76 Å². The molecule has 0 aliphatic carbocycles. The second kappa shape index (κ2) is 9.04. The number of halogens is 2. The van der Waals surface area contributed by atoms with E-state index in [1.54, 1.807) is 18.5 Å². The lowest BCUT2D eigenvalue weighted by Crippen LogP contribution is -2.25. The van der Waals surface area contributed by atoms with Crippen LogP contribution in [0.1, 0.15) is 16.8 Å². The number of aromatic nitrogens is 2. The molecule has 8 heteroatoms. The van der Waals surface area contributed by atoms with Gasteiger partial charge in [0.15, 0.2) is 0 Å². The van der Waals surface area contributed by atoms with E-state index in [-0.39, 0.29) is 5.91 Å². The van der Waals surface area contributed by atoms with Crippen molar-refractivity contribution in [3.8, 4) is 0 Å². The molecule has 0 saturated carbocycles. The molecule has 0 unspecified atom stereocenters. The van der Waals surface area contributed by atoms with Gasteiger partial charge in [-0.3, -0.25) is 4.79 Å². The molecule has 2 N–H and O–H groups in total. The van der Waals surface area contributed by atoms with Gasteiger partial charge in [0, 0.05) is 35.9 Å². The van der Waals surface area contributed by atoms with Gasteiger partial charge in [-0.05, 0) is 36.8 Å². The Kier molecular flexibility index (Phi) is 6.74. The van der Waals surface area contributed by atoms with Crippen LogP contribution in [0.3, 0.4) is 0 Å². The van der Waals surface area contributed by atoms with Gasteiger partial charge in [0.1, 0.15) is 0 Å². The van der Waals surface area contributed by atoms with E-state index in [2.05, 4.69) is 20.6 Å². The van der Waals surface area contributed by atoms with Crippen LogP contribution in [0.4, 0.5) is 14.7 Å². The molecule has 1 aromatic carbocycles. The molecule has 1 heterocycles. The molecule has 2 aromatic rings. The fourth-order valence-electron chi connectivity index (χ4n) is 1.77. The number of nitrogens with zero attached hydrogens (tertiary/aromatic N) is 2. The average molecular weight is 338 g/mol. The Hall–Kier alpha value is -2.22. The summed E-state index contributed by atoms with van der Waals surface area (Å²) in [4.78, 5) is 20.4. The van der Waals surface area contributed by atoms with Gasteiger partial charge < -0.3 is 10.6 Å². The normalized spacial score (nSPS) is 10.6. The van der Waals surface area contributed by atoms with E-state index in [1.807, 2.05) is 0 Å². The minimum absolute atomic E-state index is 0.227. The Labute approximate surface area is 136 Å². The first-order chi connectivity index (χ1) is 11.1. The number of hydrogen-bond donors (Lipinski definition) is 2. The number of benzene rings is 1. The molecule has 0 aliphatic rings. The maximum absolute atomic E-state index is 12.2. The van der Waals surface area contributed by atoms with Gasteiger partial charge in [0.05, 0.1) is 0 Å². The zero-order valence-electron chi connectivity index (χ0n) is 12.2. The summed E-state index contributed by atoms with van der Waals surface area (Å²) in [6.45, 7) is 1.13. The molecule has 0 fully saturated rings. The van der Waals surface area contributed by atoms with Crippen LogP contribution in [-0.2, 0) is 0 Å². The predicted molar refractivity (Wildman–Crippen MR) is 85.8 cm³/mol. The van der Waals surface area contributed by atoms with Crippen molar-refractivity contribution in [1.29, 1.82) is 0 Å². The third kappa shape index (κ3) is 6.19. The van der Waals surface area contributed by atoms with E-state index in [4.69, 9.17) is 0 Å². The van der Waals surface area contributed by atoms with Crippen molar-refractivity contribution >= 4 is 23.6 Å². The summed E-state index contributed by atoms with van der Waals surface area (Å²) in [5, 5.41) is 5.81. The molecule has 2 rings (SSSR count). The van der Waals surface area contributed by atoms with Gasteiger partial charge in [-0.25, -0.2) is 9.97 Å². The highest BCUT2D eigenvalue weighted by Crippen LogP contribution is 2.25. The highest BCUT2D eigenvalue weighted by atomic mass is 32.2. The number of rotatable bonds is 8. The molecule has 0 spiro atoms. The van der Waals surface area contributed by atoms with Crippen LogP contribution in [0.25, 0.3) is 0 Å². The minimum atomic E-state index is -2.46. The Morgan fingerprint density at radius 1 is 1.13 bits per heavy atom. The first-order valence-electron chi connectivity index (χ1n) is 6.99. The van der Waals surface area contributed by atoms with Crippen LogP contribution in [0, 0.1) is 0 Å². The number of carbonyl (C=O) groups excluding carboxylic acids is 1. The summed E-state index contributed by atoms with van der Waals surface area (Å²) >= 11 is 0.456. The van der Waals surface area contributed by atoms with Crippen molar-refractivity contribution in [3.05, 3.63) is 48.3 Å². The first-order valence-corrected chi connectivity index (χ1v) is 7.87. The van der Waals surface area contributed by atoms with Gasteiger partial charge in [0.25, 0.3) is 11.7 Å². The molecule has 1 amide bonds. The van der Waals surface area contributed by atoms with Crippen molar-refractivity contribution in [1.82, 2.24) is 15.3 Å². The average Bonchev–Trinajstić information content (AvgIpc) is 2.55. The van der Waals surface area contributed by atoms with Crippen LogP contribution in [-0.4, -0.2) is 34.7 Å². The second-order valence-electron chi connectivity index (χ2n) is 4.51. The number of carbonyl (C=O) groups is 1. The van der Waals surface area contributed by atoms with Crippen LogP contribution in [0.5, 0.6) is 0 Å². The smallest absolute Gasteiger partial charge is 0.288 e. The number of nitrogens with one attached hydrogen (secondary N) is 2. The summed E-state index contributed by atoms with van der Waals surface area (Å²) in [7, 11) is 0. The molecule has 0 bridgehead atoms. The minimum Gasteiger partial charge on any atom is -0.354 e. The SMILES string of the molecule is O=C(NCCCNc1ncccn1)c1ccc(SC(F)F)cc1. The summed E-state index contributed by atoms with van der Waals surface area (Å²) in [6.07, 6.45) is 4.00.